The smallest absolute Gasteiger partial charge is 0.280 e. The van der Waals surface area contributed by atoms with Crippen molar-refractivity contribution >= 4 is 0 Å². The number of allylic oxidation sites excluding steroid dienone is 2. The van der Waals surface area contributed by atoms with Crippen LogP contribution in [0.5, 0.6) is 0 Å². The number of rotatable bonds is 4. The number of piperazine rings is 1. The minimum Gasteiger partial charge on any atom is -0.367 e. The molecule has 0 bridgehead atoms. The van der Waals surface area contributed by atoms with E-state index in [1.54, 1.807) is 0 Å². The quantitative estimate of drug-likeness (QED) is 0.732. The molecule has 3 rings (SSSR count). The van der Waals surface area contributed by atoms with Gasteiger partial charge in [0.05, 0.1) is 13.1 Å². The molecule has 3 heterocycles. The zero-order chi connectivity index (χ0) is 15.4. The zero-order valence-corrected chi connectivity index (χ0v) is 13.1. The number of likely N-dealkylation sites (tertiary alicyclic amines) is 1. The molecule has 2 saturated heterocycles. The Kier molecular flexibility index (Phi) is 4.97. The van der Waals surface area contributed by atoms with E-state index >= 15 is 0 Å². The van der Waals surface area contributed by atoms with Gasteiger partial charge in [0.2, 0.25) is 0 Å². The number of piperidine rings is 1. The minimum absolute atomic E-state index is 0.177. The average molecular weight is 306 g/mol. The van der Waals surface area contributed by atoms with Crippen LogP contribution in [0, 0.1) is 9.81 Å². The molecule has 2 atom stereocenters. The van der Waals surface area contributed by atoms with Crippen LogP contribution >= 0.6 is 0 Å². The maximum Gasteiger partial charge on any atom is 0.280 e. The Bertz CT molecular complexity index is 483. The van der Waals surface area contributed by atoms with Crippen LogP contribution in [0.2, 0.25) is 0 Å². The monoisotopic (exact) mass is 306 g/mol. The van der Waals surface area contributed by atoms with Crippen molar-refractivity contribution in [3.05, 3.63) is 34.2 Å². The molecule has 0 aliphatic carbocycles. The summed E-state index contributed by atoms with van der Waals surface area (Å²) in [5, 5.41) is 0. The maximum atomic E-state index is 12.3. The Hall–Kier alpha value is -1.56. The summed E-state index contributed by atoms with van der Waals surface area (Å²) in [5.41, 5.74) is 0. The van der Waals surface area contributed by atoms with E-state index in [9.17, 15) is 9.81 Å². The number of hydrogen-bond donors (Lipinski definition) is 0. The summed E-state index contributed by atoms with van der Waals surface area (Å²) in [6.07, 6.45) is 11.7. The van der Waals surface area contributed by atoms with Crippen molar-refractivity contribution < 1.29 is 9.52 Å². The van der Waals surface area contributed by atoms with Crippen LogP contribution in [0.4, 0.5) is 0 Å². The Morgan fingerprint density at radius 2 is 1.59 bits per heavy atom. The highest BCUT2D eigenvalue weighted by Crippen LogP contribution is 2.14. The largest absolute Gasteiger partial charge is 0.367 e. The summed E-state index contributed by atoms with van der Waals surface area (Å²) in [4.78, 5) is 29.1. The van der Waals surface area contributed by atoms with Gasteiger partial charge in [0.25, 0.3) is 25.2 Å². The second-order valence-corrected chi connectivity index (χ2v) is 6.59. The van der Waals surface area contributed by atoms with Crippen molar-refractivity contribution in [1.29, 1.82) is 0 Å². The van der Waals surface area contributed by atoms with E-state index in [4.69, 9.17) is 0 Å². The van der Waals surface area contributed by atoms with Gasteiger partial charge in [-0.15, -0.1) is 0 Å². The molecule has 22 heavy (non-hydrogen) atoms. The highest BCUT2D eigenvalue weighted by molar-refractivity contribution is 5.08. The lowest BCUT2D eigenvalue weighted by Crippen LogP contribution is -2.55. The average Bonchev–Trinajstić information content (AvgIpc) is 2.54. The molecule has 3 aliphatic heterocycles. The number of nitroso groups, excluding NO2 is 2. The van der Waals surface area contributed by atoms with Crippen molar-refractivity contribution in [2.24, 2.45) is 0 Å². The van der Waals surface area contributed by atoms with Gasteiger partial charge in [-0.2, -0.15) is 0 Å². The van der Waals surface area contributed by atoms with Crippen molar-refractivity contribution in [2.45, 2.75) is 31.3 Å². The van der Waals surface area contributed by atoms with E-state index in [1.807, 2.05) is 18.4 Å². The number of nitrogens with zero attached hydrogens (tertiary/aromatic N) is 4. The van der Waals surface area contributed by atoms with E-state index in [-0.39, 0.29) is 12.1 Å². The van der Waals surface area contributed by atoms with Crippen LogP contribution < -0.4 is 0 Å². The Labute approximate surface area is 131 Å². The van der Waals surface area contributed by atoms with Gasteiger partial charge in [-0.3, -0.25) is 4.90 Å². The van der Waals surface area contributed by atoms with E-state index in [0.29, 0.717) is 19.6 Å². The molecule has 0 N–H and O–H groups in total. The first-order valence-corrected chi connectivity index (χ1v) is 8.39. The van der Waals surface area contributed by atoms with E-state index in [1.165, 1.54) is 19.3 Å². The molecule has 0 amide bonds. The lowest BCUT2D eigenvalue weighted by Gasteiger charge is -2.28. The summed E-state index contributed by atoms with van der Waals surface area (Å²) < 4.78 is 2.28. The first kappa shape index (κ1) is 15.3. The summed E-state index contributed by atoms with van der Waals surface area (Å²) in [7, 11) is 0. The molecular formula is C16H26N4O2+2. The molecule has 0 aromatic rings. The third-order valence-corrected chi connectivity index (χ3v) is 4.84. The molecule has 3 aliphatic rings. The fourth-order valence-electron chi connectivity index (χ4n) is 3.55. The zero-order valence-electron chi connectivity index (χ0n) is 13.1. The third kappa shape index (κ3) is 3.80. The fraction of sp³-hybridized carbons (Fsp3) is 0.750. The van der Waals surface area contributed by atoms with Crippen LogP contribution in [-0.4, -0.2) is 77.2 Å². The second-order valence-electron chi connectivity index (χ2n) is 6.59. The predicted octanol–water partition coefficient (Wildman–Crippen LogP) is 1.17. The standard InChI is InChI=1S/C16H26N4O2/c21-19-14-16(12-18-9-5-2-6-10-18)20(22)13-15(19)11-17-7-3-1-4-8-17/h1,3-4,7,15-16H,2,5-6,8-14H2/q+2. The molecule has 2 fully saturated rings. The molecule has 0 saturated carbocycles. The van der Waals surface area contributed by atoms with Crippen molar-refractivity contribution in [2.75, 3.05) is 45.8 Å². The van der Waals surface area contributed by atoms with Crippen molar-refractivity contribution in [1.82, 2.24) is 9.80 Å². The Balaban J connectivity index is 1.52. The topological polar surface area (TPSA) is 46.6 Å². The lowest BCUT2D eigenvalue weighted by molar-refractivity contribution is -0.731. The van der Waals surface area contributed by atoms with Crippen LogP contribution in [0.1, 0.15) is 19.3 Å². The van der Waals surface area contributed by atoms with Gasteiger partial charge >= 0.3 is 0 Å². The molecule has 6 heteroatoms. The second kappa shape index (κ2) is 7.13. The molecule has 0 radical (unpaired) electrons. The van der Waals surface area contributed by atoms with Crippen molar-refractivity contribution in [3.63, 3.8) is 0 Å². The molecular weight excluding hydrogens is 280 g/mol. The molecule has 2 unspecified atom stereocenters. The lowest BCUT2D eigenvalue weighted by atomic mass is 10.1. The van der Waals surface area contributed by atoms with Gasteiger partial charge in [-0.25, -0.2) is 0 Å². The van der Waals surface area contributed by atoms with Gasteiger partial charge in [0.1, 0.15) is 0 Å². The highest BCUT2D eigenvalue weighted by Gasteiger charge is 2.47. The predicted molar refractivity (Wildman–Crippen MR) is 84.7 cm³/mol. The Morgan fingerprint density at radius 1 is 0.909 bits per heavy atom. The SMILES string of the molecule is O=[N+]1CC(CN2CCCCC2)[N+](=O)CC1CN1C=CC=CC1. The van der Waals surface area contributed by atoms with E-state index in [2.05, 4.69) is 15.9 Å². The van der Waals surface area contributed by atoms with Gasteiger partial charge in [-0.05, 0) is 38.2 Å². The molecule has 0 aromatic heterocycles. The molecule has 0 aromatic carbocycles. The van der Waals surface area contributed by atoms with Crippen LogP contribution in [0.25, 0.3) is 0 Å². The van der Waals surface area contributed by atoms with E-state index < -0.39 is 0 Å². The summed E-state index contributed by atoms with van der Waals surface area (Å²) >= 11 is 0. The third-order valence-electron chi connectivity index (χ3n) is 4.84. The van der Waals surface area contributed by atoms with Crippen LogP contribution in [0.3, 0.4) is 0 Å². The van der Waals surface area contributed by atoms with Crippen LogP contribution in [0.15, 0.2) is 24.4 Å². The van der Waals surface area contributed by atoms with E-state index in [0.717, 1.165) is 35.7 Å². The minimum atomic E-state index is -0.230. The fourth-order valence-corrected chi connectivity index (χ4v) is 3.55. The van der Waals surface area contributed by atoms with Gasteiger partial charge < -0.3 is 4.90 Å². The van der Waals surface area contributed by atoms with Gasteiger partial charge in [0.15, 0.2) is 0 Å². The number of hydrogen-bond acceptors (Lipinski definition) is 4. The van der Waals surface area contributed by atoms with Crippen LogP contribution in [-0.2, 0) is 0 Å². The van der Waals surface area contributed by atoms with Gasteiger partial charge in [0, 0.05) is 25.9 Å². The molecule has 120 valence electrons. The maximum absolute atomic E-state index is 12.3. The summed E-state index contributed by atoms with van der Waals surface area (Å²) in [6.45, 7) is 4.96. The van der Waals surface area contributed by atoms with Crippen molar-refractivity contribution in [3.8, 4) is 0 Å². The summed E-state index contributed by atoms with van der Waals surface area (Å²) in [5.74, 6) is 0. The summed E-state index contributed by atoms with van der Waals surface area (Å²) in [6, 6.07) is -0.408. The van der Waals surface area contributed by atoms with Gasteiger partial charge in [-0.1, -0.05) is 18.6 Å². The molecule has 0 spiro atoms. The molecule has 6 nitrogen and oxygen atoms in total. The highest BCUT2D eigenvalue weighted by atomic mass is 16.3. The normalized spacial score (nSPS) is 30.1. The first-order valence-electron chi connectivity index (χ1n) is 8.39. The Morgan fingerprint density at radius 3 is 2.23 bits per heavy atom. The first-order chi connectivity index (χ1) is 10.7.